The van der Waals surface area contributed by atoms with Crippen molar-refractivity contribution in [1.82, 2.24) is 5.32 Å². The summed E-state index contributed by atoms with van der Waals surface area (Å²) in [5, 5.41) is 3.23. The number of ether oxygens (including phenoxy) is 2. The molecule has 2 rings (SSSR count). The molecular formula is C14H22N2O2. The topological polar surface area (TPSA) is 33.7 Å². The number of hydrogen-bond donors (Lipinski definition) is 1. The van der Waals surface area contributed by atoms with Crippen molar-refractivity contribution in [2.45, 2.75) is 12.5 Å². The number of nitrogens with one attached hydrogen (secondary N) is 1. The van der Waals surface area contributed by atoms with Gasteiger partial charge in [0.15, 0.2) is 0 Å². The molecule has 0 aliphatic carbocycles. The quantitative estimate of drug-likeness (QED) is 0.830. The van der Waals surface area contributed by atoms with Gasteiger partial charge < -0.3 is 19.7 Å². The Hall–Kier alpha value is -1.26. The molecule has 0 aromatic heterocycles. The molecule has 4 nitrogen and oxygen atoms in total. The van der Waals surface area contributed by atoms with Gasteiger partial charge in [0.1, 0.15) is 5.75 Å². The highest BCUT2D eigenvalue weighted by Crippen LogP contribution is 2.19. The molecule has 18 heavy (non-hydrogen) atoms. The molecule has 0 amide bonds. The number of hydrogen-bond acceptors (Lipinski definition) is 4. The first kappa shape index (κ1) is 13.2. The third kappa shape index (κ3) is 3.15. The third-order valence-electron chi connectivity index (χ3n) is 3.39. The molecule has 0 spiro atoms. The summed E-state index contributed by atoms with van der Waals surface area (Å²) < 4.78 is 11.0. The Bertz CT molecular complexity index is 374. The van der Waals surface area contributed by atoms with Crippen molar-refractivity contribution in [3.63, 3.8) is 0 Å². The van der Waals surface area contributed by atoms with Gasteiger partial charge in [-0.15, -0.1) is 0 Å². The number of likely N-dealkylation sites (N-methyl/N-ethyl adjacent to an activating group) is 1. The Morgan fingerprint density at radius 2 is 1.94 bits per heavy atom. The highest BCUT2D eigenvalue weighted by atomic mass is 16.5. The van der Waals surface area contributed by atoms with Crippen LogP contribution in [0.25, 0.3) is 0 Å². The van der Waals surface area contributed by atoms with Crippen LogP contribution in [-0.2, 0) is 4.74 Å². The van der Waals surface area contributed by atoms with E-state index in [1.807, 2.05) is 12.1 Å². The molecule has 1 aromatic rings. The fourth-order valence-electron chi connectivity index (χ4n) is 1.97. The smallest absolute Gasteiger partial charge is 0.119 e. The second-order valence-electron chi connectivity index (χ2n) is 5.02. The minimum absolute atomic E-state index is 0.0424. The lowest BCUT2D eigenvalue weighted by atomic mass is 10.0. The zero-order chi connectivity index (χ0) is 13.0. The molecule has 100 valence electrons. The summed E-state index contributed by atoms with van der Waals surface area (Å²) >= 11 is 0. The predicted octanol–water partition coefficient (Wildman–Crippen LogP) is 1.51. The van der Waals surface area contributed by atoms with Crippen LogP contribution in [0.3, 0.4) is 0 Å². The summed E-state index contributed by atoms with van der Waals surface area (Å²) in [6.45, 7) is 5.71. The normalized spacial score (nSPS) is 17.1. The van der Waals surface area contributed by atoms with Crippen molar-refractivity contribution >= 4 is 5.69 Å². The van der Waals surface area contributed by atoms with Crippen LogP contribution in [0.5, 0.6) is 5.75 Å². The maximum atomic E-state index is 5.87. The maximum Gasteiger partial charge on any atom is 0.119 e. The van der Waals surface area contributed by atoms with Gasteiger partial charge in [-0.05, 0) is 31.2 Å². The standard InChI is InChI=1S/C14H22N2O2/c1-14(10-15-11-14)18-9-8-16(2)12-4-6-13(17-3)7-5-12/h4-7,15H,8-11H2,1-3H3. The first-order chi connectivity index (χ1) is 8.63. The van der Waals surface area contributed by atoms with Gasteiger partial charge >= 0.3 is 0 Å². The van der Waals surface area contributed by atoms with Crippen molar-refractivity contribution in [2.24, 2.45) is 0 Å². The highest BCUT2D eigenvalue weighted by Gasteiger charge is 2.32. The van der Waals surface area contributed by atoms with E-state index >= 15 is 0 Å². The number of methoxy groups -OCH3 is 1. The van der Waals surface area contributed by atoms with Gasteiger partial charge in [-0.1, -0.05) is 0 Å². The molecule has 1 saturated heterocycles. The lowest BCUT2D eigenvalue weighted by molar-refractivity contribution is -0.0631. The zero-order valence-electron chi connectivity index (χ0n) is 11.4. The maximum absolute atomic E-state index is 5.87. The van der Waals surface area contributed by atoms with Gasteiger partial charge in [-0.2, -0.15) is 0 Å². The van der Waals surface area contributed by atoms with Crippen LogP contribution in [0.1, 0.15) is 6.92 Å². The van der Waals surface area contributed by atoms with Crippen molar-refractivity contribution in [1.29, 1.82) is 0 Å². The summed E-state index contributed by atoms with van der Waals surface area (Å²) in [5.74, 6) is 0.886. The molecule has 1 fully saturated rings. The Balaban J connectivity index is 1.77. The van der Waals surface area contributed by atoms with E-state index in [1.54, 1.807) is 7.11 Å². The van der Waals surface area contributed by atoms with Crippen LogP contribution in [0, 0.1) is 0 Å². The Labute approximate surface area is 109 Å². The minimum atomic E-state index is 0.0424. The monoisotopic (exact) mass is 250 g/mol. The van der Waals surface area contributed by atoms with Crippen LogP contribution in [0.4, 0.5) is 5.69 Å². The number of rotatable bonds is 6. The average Bonchev–Trinajstić information content (AvgIpc) is 2.36. The van der Waals surface area contributed by atoms with E-state index in [0.717, 1.165) is 32.0 Å². The molecule has 1 aromatic carbocycles. The largest absolute Gasteiger partial charge is 0.497 e. The molecule has 1 heterocycles. The van der Waals surface area contributed by atoms with Gasteiger partial charge in [0.05, 0.1) is 19.3 Å². The molecule has 1 aliphatic rings. The van der Waals surface area contributed by atoms with Crippen molar-refractivity contribution in [3.05, 3.63) is 24.3 Å². The molecule has 1 aliphatic heterocycles. The van der Waals surface area contributed by atoms with Crippen LogP contribution in [-0.4, -0.2) is 46.0 Å². The van der Waals surface area contributed by atoms with E-state index in [9.17, 15) is 0 Å². The van der Waals surface area contributed by atoms with Crippen molar-refractivity contribution in [2.75, 3.05) is 45.3 Å². The SMILES string of the molecule is COc1ccc(N(C)CCOC2(C)CNC2)cc1. The highest BCUT2D eigenvalue weighted by molar-refractivity contribution is 5.48. The van der Waals surface area contributed by atoms with Crippen molar-refractivity contribution in [3.8, 4) is 5.75 Å². The fourth-order valence-corrected chi connectivity index (χ4v) is 1.97. The lowest BCUT2D eigenvalue weighted by Crippen LogP contribution is -2.59. The van der Waals surface area contributed by atoms with E-state index in [2.05, 4.69) is 36.3 Å². The van der Waals surface area contributed by atoms with Crippen LogP contribution in [0.15, 0.2) is 24.3 Å². The first-order valence-electron chi connectivity index (χ1n) is 6.33. The molecule has 0 bridgehead atoms. The van der Waals surface area contributed by atoms with Crippen LogP contribution < -0.4 is 15.0 Å². The average molecular weight is 250 g/mol. The van der Waals surface area contributed by atoms with E-state index in [-0.39, 0.29) is 5.60 Å². The Morgan fingerprint density at radius 1 is 1.28 bits per heavy atom. The van der Waals surface area contributed by atoms with Crippen LogP contribution in [0.2, 0.25) is 0 Å². The van der Waals surface area contributed by atoms with Gasteiger partial charge in [-0.25, -0.2) is 0 Å². The second kappa shape index (κ2) is 5.59. The Kier molecular flexibility index (Phi) is 4.09. The zero-order valence-corrected chi connectivity index (χ0v) is 11.4. The minimum Gasteiger partial charge on any atom is -0.497 e. The molecule has 0 saturated carbocycles. The van der Waals surface area contributed by atoms with E-state index in [1.165, 1.54) is 5.69 Å². The predicted molar refractivity (Wildman–Crippen MR) is 73.5 cm³/mol. The van der Waals surface area contributed by atoms with E-state index in [4.69, 9.17) is 9.47 Å². The number of anilines is 1. The van der Waals surface area contributed by atoms with Crippen LogP contribution >= 0.6 is 0 Å². The Morgan fingerprint density at radius 3 is 2.44 bits per heavy atom. The molecule has 0 unspecified atom stereocenters. The van der Waals surface area contributed by atoms with Gasteiger partial charge in [-0.3, -0.25) is 0 Å². The molecule has 0 atom stereocenters. The van der Waals surface area contributed by atoms with Gasteiger partial charge in [0.2, 0.25) is 0 Å². The first-order valence-corrected chi connectivity index (χ1v) is 6.33. The van der Waals surface area contributed by atoms with E-state index in [0.29, 0.717) is 0 Å². The summed E-state index contributed by atoms with van der Waals surface area (Å²) in [7, 11) is 3.76. The molecular weight excluding hydrogens is 228 g/mol. The second-order valence-corrected chi connectivity index (χ2v) is 5.02. The fraction of sp³-hybridized carbons (Fsp3) is 0.571. The lowest BCUT2D eigenvalue weighted by Gasteiger charge is -2.39. The third-order valence-corrected chi connectivity index (χ3v) is 3.39. The molecule has 4 heteroatoms. The van der Waals surface area contributed by atoms with Gasteiger partial charge in [0.25, 0.3) is 0 Å². The summed E-state index contributed by atoms with van der Waals surface area (Å²) in [6.07, 6.45) is 0. The number of benzene rings is 1. The summed E-state index contributed by atoms with van der Waals surface area (Å²) in [4.78, 5) is 2.19. The summed E-state index contributed by atoms with van der Waals surface area (Å²) in [5.41, 5.74) is 1.22. The summed E-state index contributed by atoms with van der Waals surface area (Å²) in [6, 6.07) is 8.07. The number of nitrogens with zero attached hydrogens (tertiary/aromatic N) is 1. The van der Waals surface area contributed by atoms with Gasteiger partial charge in [0, 0.05) is 32.4 Å². The molecule has 1 N–H and O–H groups in total. The molecule has 0 radical (unpaired) electrons. The van der Waals surface area contributed by atoms with Crippen molar-refractivity contribution < 1.29 is 9.47 Å². The van der Waals surface area contributed by atoms with E-state index < -0.39 is 0 Å².